The van der Waals surface area contributed by atoms with E-state index in [9.17, 15) is 8.78 Å². The molecule has 0 bridgehead atoms. The molecule has 3 aromatic rings. The molecule has 0 radical (unpaired) electrons. The first-order valence-corrected chi connectivity index (χ1v) is 8.45. The van der Waals surface area contributed by atoms with Crippen LogP contribution in [0.1, 0.15) is 16.7 Å². The first kappa shape index (κ1) is 16.5. The Kier molecular flexibility index (Phi) is 5.11. The molecule has 0 nitrogen and oxygen atoms in total. The zero-order chi connectivity index (χ0) is 16.9. The molecule has 0 unspecified atom stereocenters. The highest BCUT2D eigenvalue weighted by molar-refractivity contribution is 8.02. The van der Waals surface area contributed by atoms with E-state index < -0.39 is 0 Å². The smallest absolute Gasteiger partial charge is 0.123 e. The van der Waals surface area contributed by atoms with Gasteiger partial charge in [-0.1, -0.05) is 53.7 Å². The number of rotatable bonds is 4. The van der Waals surface area contributed by atoms with Crippen molar-refractivity contribution in [2.75, 3.05) is 0 Å². The molecule has 3 rings (SSSR count). The highest BCUT2D eigenvalue weighted by Crippen LogP contribution is 2.30. The SMILES string of the molecule is Cc1ccc(SC=C(c2ccc(F)cc2)c2ccc(F)cc2)cc1. The Morgan fingerprint density at radius 3 is 1.62 bits per heavy atom. The van der Waals surface area contributed by atoms with E-state index in [-0.39, 0.29) is 11.6 Å². The van der Waals surface area contributed by atoms with Crippen molar-refractivity contribution in [3.8, 4) is 0 Å². The summed E-state index contributed by atoms with van der Waals surface area (Å²) < 4.78 is 26.4. The normalized spacial score (nSPS) is 10.5. The Morgan fingerprint density at radius 2 is 1.17 bits per heavy atom. The van der Waals surface area contributed by atoms with Crippen molar-refractivity contribution in [3.63, 3.8) is 0 Å². The van der Waals surface area contributed by atoms with Crippen LogP contribution in [0.3, 0.4) is 0 Å². The van der Waals surface area contributed by atoms with Gasteiger partial charge in [0.15, 0.2) is 0 Å². The third-order valence-electron chi connectivity index (χ3n) is 3.64. The van der Waals surface area contributed by atoms with Crippen molar-refractivity contribution in [2.24, 2.45) is 0 Å². The predicted octanol–water partition coefficient (Wildman–Crippen LogP) is 6.45. The van der Waals surface area contributed by atoms with E-state index in [1.165, 1.54) is 29.8 Å². The minimum Gasteiger partial charge on any atom is -0.207 e. The summed E-state index contributed by atoms with van der Waals surface area (Å²) in [5.74, 6) is -0.549. The molecule has 0 aliphatic heterocycles. The maximum Gasteiger partial charge on any atom is 0.123 e. The van der Waals surface area contributed by atoms with E-state index in [4.69, 9.17) is 0 Å². The van der Waals surface area contributed by atoms with Crippen LogP contribution >= 0.6 is 11.8 Å². The summed E-state index contributed by atoms with van der Waals surface area (Å²) in [6, 6.07) is 20.9. The average molecular weight is 338 g/mol. The Hall–Kier alpha value is -2.39. The van der Waals surface area contributed by atoms with Crippen LogP contribution in [0, 0.1) is 18.6 Å². The van der Waals surface area contributed by atoms with E-state index in [1.807, 2.05) is 12.3 Å². The van der Waals surface area contributed by atoms with Crippen molar-refractivity contribution >= 4 is 17.3 Å². The van der Waals surface area contributed by atoms with Gasteiger partial charge in [-0.15, -0.1) is 0 Å². The van der Waals surface area contributed by atoms with Crippen LogP contribution in [0.2, 0.25) is 0 Å². The van der Waals surface area contributed by atoms with Gasteiger partial charge in [-0.25, -0.2) is 8.78 Å². The standard InChI is InChI=1S/C21H16F2S/c1-15-2-12-20(13-3-15)24-14-21(16-4-8-18(22)9-5-16)17-6-10-19(23)11-7-17/h2-14H,1H3. The van der Waals surface area contributed by atoms with Crippen LogP contribution in [0.4, 0.5) is 8.78 Å². The molecule has 0 saturated carbocycles. The fourth-order valence-corrected chi connectivity index (χ4v) is 3.12. The molecule has 0 amide bonds. The van der Waals surface area contributed by atoms with Gasteiger partial charge in [0, 0.05) is 4.90 Å². The van der Waals surface area contributed by atoms with Crippen molar-refractivity contribution in [1.82, 2.24) is 0 Å². The van der Waals surface area contributed by atoms with Crippen LogP contribution in [0.5, 0.6) is 0 Å². The average Bonchev–Trinajstić information content (AvgIpc) is 2.59. The number of hydrogen-bond donors (Lipinski definition) is 0. The molecule has 0 aliphatic rings. The van der Waals surface area contributed by atoms with Crippen molar-refractivity contribution in [3.05, 3.63) is 107 Å². The lowest BCUT2D eigenvalue weighted by Crippen LogP contribution is -1.89. The number of hydrogen-bond acceptors (Lipinski definition) is 1. The highest BCUT2D eigenvalue weighted by atomic mass is 32.2. The molecule has 0 atom stereocenters. The number of thioether (sulfide) groups is 1. The summed E-state index contributed by atoms with van der Waals surface area (Å²) in [5, 5.41) is 2.02. The molecule has 0 fully saturated rings. The monoisotopic (exact) mass is 338 g/mol. The third-order valence-corrected chi connectivity index (χ3v) is 4.54. The van der Waals surface area contributed by atoms with Crippen molar-refractivity contribution in [1.29, 1.82) is 0 Å². The fraction of sp³-hybridized carbons (Fsp3) is 0.0476. The lowest BCUT2D eigenvalue weighted by molar-refractivity contribution is 0.627. The molecule has 3 heteroatoms. The molecule has 0 spiro atoms. The number of benzene rings is 3. The van der Waals surface area contributed by atoms with E-state index in [0.29, 0.717) is 0 Å². The molecule has 0 aliphatic carbocycles. The Bertz CT molecular complexity index is 785. The Labute approximate surface area is 144 Å². The molecule has 3 aromatic carbocycles. The van der Waals surface area contributed by atoms with Crippen LogP contribution in [-0.2, 0) is 0 Å². The summed E-state index contributed by atoms with van der Waals surface area (Å²) in [5.41, 5.74) is 3.92. The van der Waals surface area contributed by atoms with E-state index in [1.54, 1.807) is 36.0 Å². The largest absolute Gasteiger partial charge is 0.207 e. The number of aryl methyl sites for hydroxylation is 1. The maximum absolute atomic E-state index is 13.2. The van der Waals surface area contributed by atoms with Gasteiger partial charge in [0.1, 0.15) is 11.6 Å². The molecule has 120 valence electrons. The second-order valence-electron chi connectivity index (χ2n) is 5.48. The second kappa shape index (κ2) is 7.45. The summed E-state index contributed by atoms with van der Waals surface area (Å²) in [7, 11) is 0. The lowest BCUT2D eigenvalue weighted by Gasteiger charge is -2.09. The summed E-state index contributed by atoms with van der Waals surface area (Å²) in [4.78, 5) is 1.11. The van der Waals surface area contributed by atoms with Crippen molar-refractivity contribution in [2.45, 2.75) is 11.8 Å². The first-order chi connectivity index (χ1) is 11.6. The second-order valence-corrected chi connectivity index (χ2v) is 6.42. The molecular weight excluding hydrogens is 322 g/mol. The zero-order valence-corrected chi connectivity index (χ0v) is 14.0. The van der Waals surface area contributed by atoms with E-state index in [2.05, 4.69) is 24.3 Å². The first-order valence-electron chi connectivity index (χ1n) is 7.57. The predicted molar refractivity (Wildman–Crippen MR) is 96.9 cm³/mol. The van der Waals surface area contributed by atoms with Gasteiger partial charge in [-0.3, -0.25) is 0 Å². The van der Waals surface area contributed by atoms with Gasteiger partial charge in [0.2, 0.25) is 0 Å². The molecule has 0 heterocycles. The molecule has 0 aromatic heterocycles. The van der Waals surface area contributed by atoms with Crippen LogP contribution in [0.15, 0.2) is 83.1 Å². The fourth-order valence-electron chi connectivity index (χ4n) is 2.31. The van der Waals surface area contributed by atoms with Gasteiger partial charge >= 0.3 is 0 Å². The Balaban J connectivity index is 1.97. The highest BCUT2D eigenvalue weighted by Gasteiger charge is 2.06. The van der Waals surface area contributed by atoms with E-state index >= 15 is 0 Å². The lowest BCUT2D eigenvalue weighted by atomic mass is 10.00. The van der Waals surface area contributed by atoms with Crippen LogP contribution < -0.4 is 0 Å². The molecule has 0 saturated heterocycles. The third kappa shape index (κ3) is 4.12. The summed E-state index contributed by atoms with van der Waals surface area (Å²) in [6.45, 7) is 2.05. The molecule has 24 heavy (non-hydrogen) atoms. The minimum absolute atomic E-state index is 0.275. The zero-order valence-electron chi connectivity index (χ0n) is 13.2. The quantitative estimate of drug-likeness (QED) is 0.492. The van der Waals surface area contributed by atoms with E-state index in [0.717, 1.165) is 21.6 Å². The summed E-state index contributed by atoms with van der Waals surface area (Å²) >= 11 is 1.59. The Morgan fingerprint density at radius 1 is 0.708 bits per heavy atom. The van der Waals surface area contributed by atoms with Gasteiger partial charge in [0.25, 0.3) is 0 Å². The number of halogens is 2. The minimum atomic E-state index is -0.275. The van der Waals surface area contributed by atoms with Crippen LogP contribution in [-0.4, -0.2) is 0 Å². The van der Waals surface area contributed by atoms with Gasteiger partial charge < -0.3 is 0 Å². The molecule has 0 N–H and O–H groups in total. The summed E-state index contributed by atoms with van der Waals surface area (Å²) in [6.07, 6.45) is 0. The topological polar surface area (TPSA) is 0 Å². The van der Waals surface area contributed by atoms with Crippen molar-refractivity contribution < 1.29 is 8.78 Å². The van der Waals surface area contributed by atoms with Gasteiger partial charge in [0.05, 0.1) is 0 Å². The van der Waals surface area contributed by atoms with Crippen LogP contribution in [0.25, 0.3) is 5.57 Å². The maximum atomic E-state index is 13.2. The molecular formula is C21H16F2S. The van der Waals surface area contributed by atoms with Gasteiger partial charge in [-0.2, -0.15) is 0 Å². The van der Waals surface area contributed by atoms with Gasteiger partial charge in [-0.05, 0) is 65.4 Å².